The van der Waals surface area contributed by atoms with Crippen LogP contribution in [0.1, 0.15) is 5.56 Å². The van der Waals surface area contributed by atoms with Gasteiger partial charge in [0.05, 0.1) is 18.1 Å². The molecule has 0 spiro atoms. The van der Waals surface area contributed by atoms with Gasteiger partial charge >= 0.3 is 0 Å². The van der Waals surface area contributed by atoms with Gasteiger partial charge in [-0.3, -0.25) is 9.69 Å². The smallest absolute Gasteiger partial charge is 0.248 e. The van der Waals surface area contributed by atoms with E-state index in [9.17, 15) is 13.2 Å². The quantitative estimate of drug-likeness (QED) is 0.837. The van der Waals surface area contributed by atoms with Crippen molar-refractivity contribution in [3.05, 3.63) is 40.2 Å². The van der Waals surface area contributed by atoms with Crippen molar-refractivity contribution < 1.29 is 13.2 Å². The highest BCUT2D eigenvalue weighted by atomic mass is 32.2. The van der Waals surface area contributed by atoms with Gasteiger partial charge in [-0.15, -0.1) is 0 Å². The Morgan fingerprint density at radius 3 is 2.77 bits per heavy atom. The first-order chi connectivity index (χ1) is 12.3. The molecule has 0 aliphatic carbocycles. The van der Waals surface area contributed by atoms with Crippen molar-refractivity contribution in [3.8, 4) is 0 Å². The summed E-state index contributed by atoms with van der Waals surface area (Å²) in [5.74, 6) is 0.167. The monoisotopic (exact) mass is 377 g/mol. The standard InChI is InChI=1S/C18H23N3O4S/c1-12-5-18(22)19-17-4-3-15(6-16(12)17)26(23,24)21-8-13-7-20(2)14(9-21)11-25-10-13/h3-6,13-14H,7-11H2,1-2H3,(H,19,22)/t13-,14+/m1/s1. The van der Waals surface area contributed by atoms with Crippen molar-refractivity contribution in [1.82, 2.24) is 14.2 Å². The number of ether oxygens (including phenoxy) is 1. The van der Waals surface area contributed by atoms with Crippen LogP contribution in [0.2, 0.25) is 0 Å². The van der Waals surface area contributed by atoms with Crippen LogP contribution in [0, 0.1) is 12.8 Å². The van der Waals surface area contributed by atoms with E-state index in [1.54, 1.807) is 22.5 Å². The minimum absolute atomic E-state index is 0.0656. The van der Waals surface area contributed by atoms with Crippen molar-refractivity contribution in [1.29, 1.82) is 0 Å². The third kappa shape index (κ3) is 3.07. The van der Waals surface area contributed by atoms with Gasteiger partial charge in [-0.05, 0) is 37.7 Å². The highest BCUT2D eigenvalue weighted by molar-refractivity contribution is 7.89. The minimum Gasteiger partial charge on any atom is -0.379 e. The van der Waals surface area contributed by atoms with Gasteiger partial charge in [0.25, 0.3) is 0 Å². The molecule has 2 bridgehead atoms. The van der Waals surface area contributed by atoms with E-state index in [1.807, 2.05) is 14.0 Å². The van der Waals surface area contributed by atoms with Crippen molar-refractivity contribution >= 4 is 20.9 Å². The molecular formula is C18H23N3O4S. The zero-order valence-electron chi connectivity index (χ0n) is 14.9. The lowest BCUT2D eigenvalue weighted by molar-refractivity contribution is 0.0727. The Morgan fingerprint density at radius 1 is 1.15 bits per heavy atom. The number of aromatic nitrogens is 1. The summed E-state index contributed by atoms with van der Waals surface area (Å²) < 4.78 is 33.9. The predicted octanol–water partition coefficient (Wildman–Crippen LogP) is 0.788. The van der Waals surface area contributed by atoms with Gasteiger partial charge in [0.1, 0.15) is 0 Å². The zero-order valence-corrected chi connectivity index (χ0v) is 15.8. The number of H-pyrrole nitrogens is 1. The van der Waals surface area contributed by atoms with Gasteiger partial charge in [-0.1, -0.05) is 0 Å². The molecule has 0 amide bonds. The van der Waals surface area contributed by atoms with E-state index in [0.717, 1.165) is 17.5 Å². The molecule has 7 nitrogen and oxygen atoms in total. The van der Waals surface area contributed by atoms with Gasteiger partial charge in [0.15, 0.2) is 0 Å². The number of nitrogens with zero attached hydrogens (tertiary/aromatic N) is 2. The van der Waals surface area contributed by atoms with E-state index in [4.69, 9.17) is 4.74 Å². The molecule has 0 unspecified atom stereocenters. The highest BCUT2D eigenvalue weighted by Crippen LogP contribution is 2.26. The molecule has 2 saturated heterocycles. The second kappa shape index (κ2) is 6.45. The first-order valence-electron chi connectivity index (χ1n) is 8.76. The summed E-state index contributed by atoms with van der Waals surface area (Å²) in [6, 6.07) is 6.47. The highest BCUT2D eigenvalue weighted by Gasteiger charge is 2.37. The number of benzene rings is 1. The Bertz CT molecular complexity index is 1000. The molecule has 0 radical (unpaired) electrons. The van der Waals surface area contributed by atoms with E-state index in [0.29, 0.717) is 31.8 Å². The number of rotatable bonds is 2. The summed E-state index contributed by atoms with van der Waals surface area (Å²) in [6.45, 7) is 4.69. The Labute approximate surface area is 152 Å². The average Bonchev–Trinajstić information content (AvgIpc) is 2.83. The molecular weight excluding hydrogens is 354 g/mol. The van der Waals surface area contributed by atoms with Crippen LogP contribution in [0.25, 0.3) is 10.9 Å². The minimum atomic E-state index is -3.61. The molecule has 1 aromatic heterocycles. The van der Waals surface area contributed by atoms with Crippen LogP contribution in [0.4, 0.5) is 0 Å². The van der Waals surface area contributed by atoms with E-state index >= 15 is 0 Å². The van der Waals surface area contributed by atoms with E-state index in [-0.39, 0.29) is 22.4 Å². The molecule has 4 rings (SSSR count). The van der Waals surface area contributed by atoms with Crippen molar-refractivity contribution in [2.24, 2.45) is 5.92 Å². The molecule has 2 atom stereocenters. The predicted molar refractivity (Wildman–Crippen MR) is 98.8 cm³/mol. The van der Waals surface area contributed by atoms with Crippen LogP contribution < -0.4 is 5.56 Å². The van der Waals surface area contributed by atoms with Gasteiger partial charge in [0.2, 0.25) is 15.6 Å². The summed E-state index contributed by atoms with van der Waals surface area (Å²) in [7, 11) is -1.58. The van der Waals surface area contributed by atoms with Crippen molar-refractivity contribution in [2.75, 3.05) is 39.9 Å². The topological polar surface area (TPSA) is 82.7 Å². The number of pyridine rings is 1. The van der Waals surface area contributed by atoms with Gasteiger partial charge in [-0.2, -0.15) is 4.31 Å². The molecule has 2 aliphatic heterocycles. The molecule has 2 aliphatic rings. The molecule has 26 heavy (non-hydrogen) atoms. The maximum atomic E-state index is 13.3. The summed E-state index contributed by atoms with van der Waals surface area (Å²) >= 11 is 0. The summed E-state index contributed by atoms with van der Waals surface area (Å²) in [4.78, 5) is 16.8. The Balaban J connectivity index is 1.74. The summed E-state index contributed by atoms with van der Waals surface area (Å²) in [5, 5.41) is 0.751. The molecule has 3 heterocycles. The lowest BCUT2D eigenvalue weighted by Crippen LogP contribution is -2.44. The first-order valence-corrected chi connectivity index (χ1v) is 10.2. The molecule has 1 aromatic carbocycles. The average molecular weight is 377 g/mol. The van der Waals surface area contributed by atoms with Gasteiger partial charge in [0, 0.05) is 48.6 Å². The van der Waals surface area contributed by atoms with E-state index in [1.165, 1.54) is 6.07 Å². The Morgan fingerprint density at radius 2 is 1.96 bits per heavy atom. The van der Waals surface area contributed by atoms with Crippen LogP contribution >= 0.6 is 0 Å². The second-order valence-electron chi connectivity index (χ2n) is 7.34. The lowest BCUT2D eigenvalue weighted by atomic mass is 10.1. The summed E-state index contributed by atoms with van der Waals surface area (Å²) in [5.41, 5.74) is 1.23. The summed E-state index contributed by atoms with van der Waals surface area (Å²) in [6.07, 6.45) is 0. The number of aromatic amines is 1. The van der Waals surface area contributed by atoms with Gasteiger partial charge in [-0.25, -0.2) is 8.42 Å². The van der Waals surface area contributed by atoms with E-state index in [2.05, 4.69) is 9.88 Å². The molecule has 0 saturated carbocycles. The molecule has 1 N–H and O–H groups in total. The maximum absolute atomic E-state index is 13.3. The molecule has 2 aromatic rings. The Kier molecular flexibility index (Phi) is 4.38. The van der Waals surface area contributed by atoms with Crippen LogP contribution in [-0.4, -0.2) is 68.5 Å². The van der Waals surface area contributed by atoms with Crippen LogP contribution in [-0.2, 0) is 14.8 Å². The largest absolute Gasteiger partial charge is 0.379 e. The zero-order chi connectivity index (χ0) is 18.5. The fourth-order valence-corrected chi connectivity index (χ4v) is 5.50. The lowest BCUT2D eigenvalue weighted by Gasteiger charge is -2.29. The number of aryl methyl sites for hydroxylation is 1. The van der Waals surface area contributed by atoms with Crippen LogP contribution in [0.3, 0.4) is 0 Å². The third-order valence-electron chi connectivity index (χ3n) is 5.37. The number of hydrogen-bond acceptors (Lipinski definition) is 5. The molecule has 8 heteroatoms. The third-order valence-corrected chi connectivity index (χ3v) is 7.20. The molecule has 2 fully saturated rings. The number of hydrogen-bond donors (Lipinski definition) is 1. The number of sulfonamides is 1. The normalized spacial score (nSPS) is 25.3. The number of likely N-dealkylation sites (N-methyl/N-ethyl adjacent to an activating group) is 1. The van der Waals surface area contributed by atoms with Crippen molar-refractivity contribution in [3.63, 3.8) is 0 Å². The van der Waals surface area contributed by atoms with Crippen molar-refractivity contribution in [2.45, 2.75) is 17.9 Å². The van der Waals surface area contributed by atoms with E-state index < -0.39 is 10.0 Å². The first kappa shape index (κ1) is 17.7. The van der Waals surface area contributed by atoms with Gasteiger partial charge < -0.3 is 9.72 Å². The maximum Gasteiger partial charge on any atom is 0.248 e. The Hall–Kier alpha value is -1.74. The fraction of sp³-hybridized carbons (Fsp3) is 0.500. The number of nitrogens with one attached hydrogen (secondary N) is 1. The number of fused-ring (bicyclic) bond motifs is 4. The SMILES string of the molecule is Cc1cc(=O)[nH]c2ccc(S(=O)(=O)N3C[C@@H]4COC[C@H](C3)N(C)C4)cc12. The second-order valence-corrected chi connectivity index (χ2v) is 9.28. The fourth-order valence-electron chi connectivity index (χ4n) is 3.91. The van der Waals surface area contributed by atoms with Crippen LogP contribution in [0.5, 0.6) is 0 Å². The van der Waals surface area contributed by atoms with Crippen LogP contribution in [0.15, 0.2) is 34.0 Å². The molecule has 140 valence electrons.